The quantitative estimate of drug-likeness (QED) is 0.602. The van der Waals surface area contributed by atoms with Crippen molar-refractivity contribution in [2.24, 2.45) is 5.92 Å². The van der Waals surface area contributed by atoms with E-state index in [0.717, 1.165) is 24.9 Å². The van der Waals surface area contributed by atoms with E-state index in [-0.39, 0.29) is 6.61 Å². The van der Waals surface area contributed by atoms with Crippen LogP contribution >= 0.6 is 0 Å². The molecular weight excluding hydrogens is 380 g/mol. The smallest absolute Gasteiger partial charge is 0.0991 e. The summed E-state index contributed by atoms with van der Waals surface area (Å²) in [6, 6.07) is 22.4. The van der Waals surface area contributed by atoms with Gasteiger partial charge >= 0.3 is 0 Å². The summed E-state index contributed by atoms with van der Waals surface area (Å²) in [5.74, 6) is 1.68. The van der Waals surface area contributed by atoms with Gasteiger partial charge in [0.1, 0.15) is 0 Å². The van der Waals surface area contributed by atoms with Crippen LogP contribution in [0.25, 0.3) is 10.8 Å². The van der Waals surface area contributed by atoms with Gasteiger partial charge in [0, 0.05) is 19.1 Å². The van der Waals surface area contributed by atoms with Gasteiger partial charge in [-0.05, 0) is 75.8 Å². The highest BCUT2D eigenvalue weighted by atomic mass is 16.3. The number of nitriles is 1. The van der Waals surface area contributed by atoms with E-state index in [2.05, 4.69) is 67.3 Å². The Bertz CT molecular complexity index is 1160. The van der Waals surface area contributed by atoms with Gasteiger partial charge in [0.15, 0.2) is 0 Å². The normalized spacial score (nSPS) is 23.0. The lowest BCUT2D eigenvalue weighted by Gasteiger charge is -2.39. The lowest BCUT2D eigenvalue weighted by Crippen LogP contribution is -2.39. The van der Waals surface area contributed by atoms with Crippen molar-refractivity contribution in [3.8, 4) is 6.07 Å². The van der Waals surface area contributed by atoms with E-state index in [1.165, 1.54) is 34.1 Å². The predicted molar refractivity (Wildman–Crippen MR) is 125 cm³/mol. The predicted octanol–water partition coefficient (Wildman–Crippen LogP) is 5.53. The Morgan fingerprint density at radius 2 is 1.71 bits per heavy atom. The van der Waals surface area contributed by atoms with Gasteiger partial charge in [-0.15, -0.1) is 0 Å². The van der Waals surface area contributed by atoms with Crippen LogP contribution in [-0.4, -0.2) is 29.7 Å². The molecule has 1 aliphatic carbocycles. The number of nitrogens with zero attached hydrogens (tertiary/aromatic N) is 2. The van der Waals surface area contributed by atoms with Crippen molar-refractivity contribution in [1.82, 2.24) is 4.90 Å². The molecule has 1 saturated carbocycles. The van der Waals surface area contributed by atoms with E-state index >= 15 is 0 Å². The number of β-amino-alcohol motifs (C(OH)–C–C–N with tert-alkyl or cyclic N) is 1. The van der Waals surface area contributed by atoms with Gasteiger partial charge in [0.25, 0.3) is 0 Å². The van der Waals surface area contributed by atoms with Gasteiger partial charge in [-0.2, -0.15) is 5.26 Å². The highest BCUT2D eigenvalue weighted by molar-refractivity contribution is 5.84. The van der Waals surface area contributed by atoms with Gasteiger partial charge in [0.2, 0.25) is 0 Å². The average Bonchev–Trinajstić information content (AvgIpc) is 3.58. The molecule has 158 valence electrons. The van der Waals surface area contributed by atoms with Crippen LogP contribution in [-0.2, 0) is 6.42 Å². The summed E-state index contributed by atoms with van der Waals surface area (Å²) in [4.78, 5) is 2.46. The zero-order valence-electron chi connectivity index (χ0n) is 18.4. The molecule has 3 aromatic rings. The fourth-order valence-corrected chi connectivity index (χ4v) is 5.60. The minimum atomic E-state index is 0.223. The maximum absolute atomic E-state index is 9.53. The molecule has 0 aromatic heterocycles. The third-order valence-corrected chi connectivity index (χ3v) is 7.21. The summed E-state index contributed by atoms with van der Waals surface area (Å²) in [5.41, 5.74) is 6.53. The third kappa shape index (κ3) is 3.76. The fraction of sp³-hybridized carbons (Fsp3) is 0.393. The van der Waals surface area contributed by atoms with Crippen molar-refractivity contribution in [3.05, 3.63) is 82.4 Å². The molecule has 0 amide bonds. The Balaban J connectivity index is 1.41. The Kier molecular flexibility index (Phi) is 5.30. The maximum atomic E-state index is 9.53. The van der Waals surface area contributed by atoms with Crippen LogP contribution in [0.5, 0.6) is 0 Å². The first kappa shape index (κ1) is 20.2. The molecule has 0 spiro atoms. The van der Waals surface area contributed by atoms with Crippen LogP contribution in [0, 0.1) is 17.2 Å². The van der Waals surface area contributed by atoms with Crippen molar-refractivity contribution in [2.45, 2.75) is 44.6 Å². The lowest BCUT2D eigenvalue weighted by molar-refractivity contribution is 0.113. The van der Waals surface area contributed by atoms with Gasteiger partial charge in [-0.3, -0.25) is 4.90 Å². The molecule has 3 heteroatoms. The highest BCUT2D eigenvalue weighted by Gasteiger charge is 2.40. The number of hydrogen-bond donors (Lipinski definition) is 1. The molecule has 1 N–H and O–H groups in total. The molecule has 2 aliphatic rings. The summed E-state index contributed by atoms with van der Waals surface area (Å²) in [7, 11) is 0. The first-order valence-electron chi connectivity index (χ1n) is 11.5. The zero-order valence-corrected chi connectivity index (χ0v) is 18.4. The summed E-state index contributed by atoms with van der Waals surface area (Å²) in [6.07, 6.45) is 2.27. The number of rotatable bonds is 5. The lowest BCUT2D eigenvalue weighted by atomic mass is 9.84. The largest absolute Gasteiger partial charge is 0.395 e. The number of hydrogen-bond acceptors (Lipinski definition) is 3. The van der Waals surface area contributed by atoms with Gasteiger partial charge < -0.3 is 5.11 Å². The second-order valence-electron chi connectivity index (χ2n) is 9.54. The van der Waals surface area contributed by atoms with Gasteiger partial charge in [0.05, 0.1) is 18.2 Å². The van der Waals surface area contributed by atoms with Crippen LogP contribution in [0.2, 0.25) is 0 Å². The molecule has 3 atom stereocenters. The van der Waals surface area contributed by atoms with E-state index in [1.54, 1.807) is 0 Å². The Morgan fingerprint density at radius 3 is 2.45 bits per heavy atom. The van der Waals surface area contributed by atoms with E-state index < -0.39 is 0 Å². The second kappa shape index (κ2) is 8.11. The molecule has 3 unspecified atom stereocenters. The molecule has 3 nitrogen and oxygen atoms in total. The van der Waals surface area contributed by atoms with Crippen LogP contribution in [0.15, 0.2) is 54.6 Å². The second-order valence-corrected chi connectivity index (χ2v) is 9.54. The Labute approximate surface area is 184 Å². The van der Waals surface area contributed by atoms with Gasteiger partial charge in [-0.25, -0.2) is 0 Å². The fourth-order valence-electron chi connectivity index (χ4n) is 5.60. The van der Waals surface area contributed by atoms with Crippen LogP contribution in [0.3, 0.4) is 0 Å². The molecule has 31 heavy (non-hydrogen) atoms. The Hall–Kier alpha value is -2.67. The van der Waals surface area contributed by atoms with E-state index in [1.807, 2.05) is 12.1 Å². The number of benzene rings is 3. The van der Waals surface area contributed by atoms with E-state index in [4.69, 9.17) is 5.26 Å². The molecule has 1 fully saturated rings. The average molecular weight is 411 g/mol. The number of aliphatic hydroxyl groups excluding tert-OH is 1. The van der Waals surface area contributed by atoms with Crippen LogP contribution < -0.4 is 0 Å². The number of aliphatic hydroxyl groups is 1. The molecule has 1 heterocycles. The SMILES string of the molecule is CC(C)C1c2cc(C3CC3c3ccc4cc(C#N)ccc4c3)ccc2CCN1CCO. The molecule has 1 aliphatic heterocycles. The van der Waals surface area contributed by atoms with Crippen LogP contribution in [0.1, 0.15) is 66.0 Å². The van der Waals surface area contributed by atoms with Crippen molar-refractivity contribution in [3.63, 3.8) is 0 Å². The minimum absolute atomic E-state index is 0.223. The summed E-state index contributed by atoms with van der Waals surface area (Å²) in [5, 5.41) is 21.0. The number of fused-ring (bicyclic) bond motifs is 2. The summed E-state index contributed by atoms with van der Waals surface area (Å²) in [6.45, 7) is 6.60. The maximum Gasteiger partial charge on any atom is 0.0991 e. The highest BCUT2D eigenvalue weighted by Crippen LogP contribution is 2.55. The monoisotopic (exact) mass is 410 g/mol. The molecule has 3 aromatic carbocycles. The van der Waals surface area contributed by atoms with Gasteiger partial charge in [-0.1, -0.05) is 56.3 Å². The van der Waals surface area contributed by atoms with Crippen LogP contribution in [0.4, 0.5) is 0 Å². The minimum Gasteiger partial charge on any atom is -0.395 e. The van der Waals surface area contributed by atoms with Crippen molar-refractivity contribution < 1.29 is 5.11 Å². The first-order valence-corrected chi connectivity index (χ1v) is 11.5. The third-order valence-electron chi connectivity index (χ3n) is 7.21. The van der Waals surface area contributed by atoms with Crippen molar-refractivity contribution in [1.29, 1.82) is 5.26 Å². The molecule has 5 rings (SSSR count). The van der Waals surface area contributed by atoms with Crippen molar-refractivity contribution >= 4 is 10.8 Å². The molecule has 0 radical (unpaired) electrons. The topological polar surface area (TPSA) is 47.3 Å². The summed E-state index contributed by atoms with van der Waals surface area (Å²) < 4.78 is 0. The molecule has 0 bridgehead atoms. The van der Waals surface area contributed by atoms with Crippen molar-refractivity contribution in [2.75, 3.05) is 19.7 Å². The Morgan fingerprint density at radius 1 is 1.00 bits per heavy atom. The standard InChI is InChI=1S/C28H30N2O/c1-18(2)28-27-15-24(7-5-20(27)9-10-30(28)11-12-31)26-16-25(26)23-8-6-21-13-19(17-29)3-4-22(21)14-23/h3-8,13-15,18,25-26,28,31H,9-12,16H2,1-2H3. The van der Waals surface area contributed by atoms with E-state index in [0.29, 0.717) is 29.4 Å². The molecule has 0 saturated heterocycles. The molecular formula is C28H30N2O. The van der Waals surface area contributed by atoms with E-state index in [9.17, 15) is 5.11 Å². The zero-order chi connectivity index (χ0) is 21.5. The first-order chi connectivity index (χ1) is 15.1. The summed E-state index contributed by atoms with van der Waals surface area (Å²) >= 11 is 0.